The van der Waals surface area contributed by atoms with Crippen LogP contribution in [0.25, 0.3) is 6.08 Å². The number of carbonyl (C=O) groups is 1. The zero-order valence-corrected chi connectivity index (χ0v) is 8.68. The molecule has 0 heterocycles. The number of amides is 1. The normalized spacial score (nSPS) is 12.7. The fraction of sp³-hybridized carbons (Fsp3) is 0.250. The summed E-state index contributed by atoms with van der Waals surface area (Å²) in [5.74, 6) is -0.354. The van der Waals surface area contributed by atoms with Gasteiger partial charge in [-0.25, -0.2) is 0 Å². The minimum absolute atomic E-state index is 0.354. The number of rotatable bonds is 4. The van der Waals surface area contributed by atoms with Crippen LogP contribution >= 0.6 is 0 Å². The van der Waals surface area contributed by atoms with Gasteiger partial charge in [0.25, 0.3) is 0 Å². The van der Waals surface area contributed by atoms with Crippen LogP contribution < -0.4 is 5.32 Å². The van der Waals surface area contributed by atoms with E-state index in [1.165, 1.54) is 6.92 Å². The minimum atomic E-state index is -0.949. The van der Waals surface area contributed by atoms with Crippen molar-refractivity contribution in [3.63, 3.8) is 0 Å². The third-order valence-corrected chi connectivity index (χ3v) is 1.88. The lowest BCUT2D eigenvalue weighted by atomic mass is 10.2. The van der Waals surface area contributed by atoms with Gasteiger partial charge < -0.3 is 10.4 Å². The van der Waals surface area contributed by atoms with Gasteiger partial charge in [0.2, 0.25) is 5.91 Å². The van der Waals surface area contributed by atoms with Crippen LogP contribution in [0.2, 0.25) is 0 Å². The SMILES string of the molecule is CC(O)C(=O)NC/C=C/c1ccccc1. The Morgan fingerprint density at radius 2 is 2.13 bits per heavy atom. The summed E-state index contributed by atoms with van der Waals surface area (Å²) in [6.07, 6.45) is 2.81. The molecule has 0 fully saturated rings. The molecular weight excluding hydrogens is 190 g/mol. The summed E-state index contributed by atoms with van der Waals surface area (Å²) in [5, 5.41) is 11.5. The van der Waals surface area contributed by atoms with E-state index in [1.807, 2.05) is 42.5 Å². The van der Waals surface area contributed by atoms with Crippen molar-refractivity contribution in [1.82, 2.24) is 5.32 Å². The molecule has 1 amide bonds. The summed E-state index contributed by atoms with van der Waals surface area (Å²) in [7, 11) is 0. The van der Waals surface area contributed by atoms with Crippen LogP contribution in [0.1, 0.15) is 12.5 Å². The molecule has 0 aliphatic heterocycles. The molecule has 1 rings (SSSR count). The van der Waals surface area contributed by atoms with Gasteiger partial charge in [-0.1, -0.05) is 42.5 Å². The van der Waals surface area contributed by atoms with E-state index in [9.17, 15) is 4.79 Å². The third kappa shape index (κ3) is 4.42. The van der Waals surface area contributed by atoms with Gasteiger partial charge >= 0.3 is 0 Å². The highest BCUT2D eigenvalue weighted by Crippen LogP contribution is 1.99. The van der Waals surface area contributed by atoms with Gasteiger partial charge in [0.15, 0.2) is 0 Å². The van der Waals surface area contributed by atoms with Crippen LogP contribution in [0.4, 0.5) is 0 Å². The van der Waals surface area contributed by atoms with Crippen molar-refractivity contribution in [2.75, 3.05) is 6.54 Å². The van der Waals surface area contributed by atoms with Gasteiger partial charge in [-0.05, 0) is 12.5 Å². The third-order valence-electron chi connectivity index (χ3n) is 1.88. The largest absolute Gasteiger partial charge is 0.384 e. The zero-order chi connectivity index (χ0) is 11.1. The Labute approximate surface area is 89.4 Å². The fourth-order valence-corrected chi connectivity index (χ4v) is 1.07. The predicted molar refractivity (Wildman–Crippen MR) is 60.2 cm³/mol. The Morgan fingerprint density at radius 1 is 1.47 bits per heavy atom. The monoisotopic (exact) mass is 205 g/mol. The molecule has 1 atom stereocenters. The Morgan fingerprint density at radius 3 is 2.73 bits per heavy atom. The molecule has 0 radical (unpaired) electrons. The highest BCUT2D eigenvalue weighted by molar-refractivity contribution is 5.80. The van der Waals surface area contributed by atoms with Crippen molar-refractivity contribution in [3.8, 4) is 0 Å². The van der Waals surface area contributed by atoms with Crippen molar-refractivity contribution in [1.29, 1.82) is 0 Å². The van der Waals surface area contributed by atoms with E-state index < -0.39 is 6.10 Å². The maximum Gasteiger partial charge on any atom is 0.248 e. The second-order valence-electron chi connectivity index (χ2n) is 3.23. The summed E-state index contributed by atoms with van der Waals surface area (Å²) in [4.78, 5) is 11.0. The number of hydrogen-bond donors (Lipinski definition) is 2. The molecule has 3 nitrogen and oxygen atoms in total. The van der Waals surface area contributed by atoms with Gasteiger partial charge in [-0.2, -0.15) is 0 Å². The maximum atomic E-state index is 11.0. The van der Waals surface area contributed by atoms with Crippen molar-refractivity contribution in [2.45, 2.75) is 13.0 Å². The molecule has 1 unspecified atom stereocenters. The molecule has 0 spiro atoms. The van der Waals surface area contributed by atoms with Gasteiger partial charge in [-0.3, -0.25) is 4.79 Å². The van der Waals surface area contributed by atoms with Crippen molar-refractivity contribution < 1.29 is 9.90 Å². The first-order valence-electron chi connectivity index (χ1n) is 4.87. The summed E-state index contributed by atoms with van der Waals surface area (Å²) >= 11 is 0. The molecule has 0 aliphatic rings. The lowest BCUT2D eigenvalue weighted by Crippen LogP contribution is -2.32. The molecular formula is C12H15NO2. The lowest BCUT2D eigenvalue weighted by Gasteiger charge is -2.03. The van der Waals surface area contributed by atoms with Crippen LogP contribution in [0.15, 0.2) is 36.4 Å². The van der Waals surface area contributed by atoms with Crippen molar-refractivity contribution >= 4 is 12.0 Å². The first-order chi connectivity index (χ1) is 7.20. The van der Waals surface area contributed by atoms with Gasteiger partial charge in [0, 0.05) is 6.54 Å². The van der Waals surface area contributed by atoms with Crippen LogP contribution in [-0.4, -0.2) is 23.7 Å². The summed E-state index contributed by atoms with van der Waals surface area (Å²) in [5.41, 5.74) is 1.09. The molecule has 0 saturated heterocycles. The molecule has 0 saturated carbocycles. The Kier molecular flexibility index (Phi) is 4.57. The molecule has 3 heteroatoms. The summed E-state index contributed by atoms with van der Waals surface area (Å²) in [6, 6.07) is 9.81. The fourth-order valence-electron chi connectivity index (χ4n) is 1.07. The molecule has 0 aromatic heterocycles. The highest BCUT2D eigenvalue weighted by Gasteiger charge is 2.05. The maximum absolute atomic E-state index is 11.0. The Hall–Kier alpha value is -1.61. The quantitative estimate of drug-likeness (QED) is 0.776. The number of aliphatic hydroxyl groups excluding tert-OH is 1. The van der Waals surface area contributed by atoms with E-state index >= 15 is 0 Å². The second-order valence-corrected chi connectivity index (χ2v) is 3.23. The lowest BCUT2D eigenvalue weighted by molar-refractivity contribution is -0.128. The van der Waals surface area contributed by atoms with Crippen LogP contribution in [0, 0.1) is 0 Å². The molecule has 80 valence electrons. The van der Waals surface area contributed by atoms with E-state index in [0.717, 1.165) is 5.56 Å². The summed E-state index contributed by atoms with van der Waals surface area (Å²) < 4.78 is 0. The average molecular weight is 205 g/mol. The molecule has 2 N–H and O–H groups in total. The highest BCUT2D eigenvalue weighted by atomic mass is 16.3. The number of nitrogens with one attached hydrogen (secondary N) is 1. The molecule has 0 bridgehead atoms. The number of benzene rings is 1. The van der Waals surface area contributed by atoms with Crippen LogP contribution in [-0.2, 0) is 4.79 Å². The molecule has 1 aromatic carbocycles. The Bertz CT molecular complexity index is 331. The van der Waals surface area contributed by atoms with Gasteiger partial charge in [0.1, 0.15) is 6.10 Å². The van der Waals surface area contributed by atoms with Crippen molar-refractivity contribution in [3.05, 3.63) is 42.0 Å². The van der Waals surface area contributed by atoms with E-state index in [0.29, 0.717) is 6.54 Å². The van der Waals surface area contributed by atoms with E-state index in [1.54, 1.807) is 0 Å². The Balaban J connectivity index is 2.32. The molecule has 15 heavy (non-hydrogen) atoms. The van der Waals surface area contributed by atoms with E-state index in [-0.39, 0.29) is 5.91 Å². The van der Waals surface area contributed by atoms with E-state index in [2.05, 4.69) is 5.32 Å². The topological polar surface area (TPSA) is 49.3 Å². The summed E-state index contributed by atoms with van der Waals surface area (Å²) in [6.45, 7) is 1.87. The second kappa shape index (κ2) is 5.98. The first kappa shape index (κ1) is 11.5. The zero-order valence-electron chi connectivity index (χ0n) is 8.68. The average Bonchev–Trinajstić information content (AvgIpc) is 2.25. The number of carbonyl (C=O) groups excluding carboxylic acids is 1. The molecule has 1 aromatic rings. The van der Waals surface area contributed by atoms with Crippen molar-refractivity contribution in [2.24, 2.45) is 0 Å². The van der Waals surface area contributed by atoms with Gasteiger partial charge in [-0.15, -0.1) is 0 Å². The smallest absolute Gasteiger partial charge is 0.248 e. The standard InChI is InChI=1S/C12H15NO2/c1-10(14)12(15)13-9-5-8-11-6-3-2-4-7-11/h2-8,10,14H,9H2,1H3,(H,13,15)/b8-5+. The number of aliphatic hydroxyl groups is 1. The minimum Gasteiger partial charge on any atom is -0.384 e. The van der Waals surface area contributed by atoms with Crippen LogP contribution in [0.5, 0.6) is 0 Å². The first-order valence-corrected chi connectivity index (χ1v) is 4.87. The molecule has 0 aliphatic carbocycles. The number of hydrogen-bond acceptors (Lipinski definition) is 2. The van der Waals surface area contributed by atoms with E-state index in [4.69, 9.17) is 5.11 Å². The predicted octanol–water partition coefficient (Wildman–Crippen LogP) is 1.20. The van der Waals surface area contributed by atoms with Crippen LogP contribution in [0.3, 0.4) is 0 Å². The van der Waals surface area contributed by atoms with Gasteiger partial charge in [0.05, 0.1) is 0 Å².